The van der Waals surface area contributed by atoms with Gasteiger partial charge in [-0.15, -0.1) is 0 Å². The van der Waals surface area contributed by atoms with Gasteiger partial charge in [-0.2, -0.15) is 0 Å². The second-order valence-electron chi connectivity index (χ2n) is 7.88. The Morgan fingerprint density at radius 2 is 0.694 bits per heavy atom. The van der Waals surface area contributed by atoms with Gasteiger partial charge in [-0.05, 0) is 19.3 Å². The molecule has 0 heterocycles. The highest BCUT2D eigenvalue weighted by molar-refractivity contribution is 4.38. The van der Waals surface area contributed by atoms with Crippen molar-refractivity contribution in [1.29, 1.82) is 0 Å². The second-order valence-corrected chi connectivity index (χ2v) is 7.88. The first-order valence-corrected chi connectivity index (χ1v) is 13.9. The average molecular weight is 529 g/mol. The number of methoxy groups -OCH3 is 1. The lowest BCUT2D eigenvalue weighted by Gasteiger charge is -2.06. The Morgan fingerprint density at radius 1 is 0.361 bits per heavy atom. The predicted octanol–water partition coefficient (Wildman–Crippen LogP) is 3.87. The molecule has 0 bridgehead atoms. The van der Waals surface area contributed by atoms with Gasteiger partial charge in [0.1, 0.15) is 0 Å². The topological polar surface area (TPSA) is 105 Å². The second kappa shape index (κ2) is 44.6. The van der Waals surface area contributed by atoms with Gasteiger partial charge in [0.25, 0.3) is 0 Å². The van der Waals surface area contributed by atoms with Crippen LogP contribution in [0.15, 0.2) is 0 Å². The summed E-state index contributed by atoms with van der Waals surface area (Å²) in [6.45, 7) is 14.7. The fraction of sp³-hybridized carbons (Fsp3) is 1.00. The minimum atomic E-state index is 0.0413. The smallest absolute Gasteiger partial charge is 0.0701 e. The van der Waals surface area contributed by atoms with Crippen LogP contribution in [0.3, 0.4) is 0 Å². The summed E-state index contributed by atoms with van der Waals surface area (Å²) in [5.41, 5.74) is 0. The quantitative estimate of drug-likeness (QED) is 0.154. The van der Waals surface area contributed by atoms with Gasteiger partial charge in [0.2, 0.25) is 0 Å². The standard InChI is InChI=1S/C12H26O3.C8H18O5.C7H16O/c1-3-5-7-13-9-11-15-12-10-14-8-6-4-2;9-1-3-11-5-7-13-8-6-12-4-2-10;1-3-4-5-6-7-8-2/h3-12H2,1-2H3;9-10H,1-8H2;3-7H2,1-2H3. The summed E-state index contributed by atoms with van der Waals surface area (Å²) in [4.78, 5) is 0. The molecule has 36 heavy (non-hydrogen) atoms. The molecule has 0 rings (SSSR count). The van der Waals surface area contributed by atoms with Crippen LogP contribution in [0.1, 0.15) is 72.1 Å². The highest BCUT2D eigenvalue weighted by Crippen LogP contribution is 1.97. The number of rotatable bonds is 27. The molecule has 9 heteroatoms. The zero-order chi connectivity index (χ0) is 27.2. The lowest BCUT2D eigenvalue weighted by atomic mass is 10.2. The van der Waals surface area contributed by atoms with Crippen molar-refractivity contribution in [2.24, 2.45) is 0 Å². The molecule has 0 aromatic rings. The van der Waals surface area contributed by atoms with Crippen molar-refractivity contribution in [3.05, 3.63) is 0 Å². The summed E-state index contributed by atoms with van der Waals surface area (Å²) in [7, 11) is 1.76. The molecule has 0 aliphatic carbocycles. The monoisotopic (exact) mass is 528 g/mol. The molecular formula is C27H60O9. The van der Waals surface area contributed by atoms with Gasteiger partial charge in [0.15, 0.2) is 0 Å². The number of hydrogen-bond donors (Lipinski definition) is 2. The molecule has 0 atom stereocenters. The van der Waals surface area contributed by atoms with Crippen molar-refractivity contribution in [2.45, 2.75) is 72.1 Å². The summed E-state index contributed by atoms with van der Waals surface area (Å²) >= 11 is 0. The molecule has 0 saturated heterocycles. The van der Waals surface area contributed by atoms with Crippen LogP contribution in [0.5, 0.6) is 0 Å². The number of unbranched alkanes of at least 4 members (excludes halogenated alkanes) is 5. The van der Waals surface area contributed by atoms with Crippen molar-refractivity contribution in [3.8, 4) is 0 Å². The fourth-order valence-corrected chi connectivity index (χ4v) is 2.38. The van der Waals surface area contributed by atoms with Crippen LogP contribution in [-0.4, -0.2) is 116 Å². The zero-order valence-corrected chi connectivity index (χ0v) is 24.0. The maximum atomic E-state index is 8.36. The summed E-state index contributed by atoms with van der Waals surface area (Å²) in [6.07, 6.45) is 9.86. The molecule has 0 saturated carbocycles. The number of ether oxygens (including phenoxy) is 7. The third-order valence-electron chi connectivity index (χ3n) is 4.45. The van der Waals surface area contributed by atoms with Crippen LogP contribution in [0.2, 0.25) is 0 Å². The number of hydrogen-bond acceptors (Lipinski definition) is 9. The largest absolute Gasteiger partial charge is 0.394 e. The molecule has 0 unspecified atom stereocenters. The first-order valence-electron chi connectivity index (χ1n) is 13.9. The van der Waals surface area contributed by atoms with E-state index in [4.69, 9.17) is 43.4 Å². The van der Waals surface area contributed by atoms with Crippen LogP contribution < -0.4 is 0 Å². The molecule has 0 aromatic heterocycles. The van der Waals surface area contributed by atoms with Gasteiger partial charge < -0.3 is 43.4 Å². The van der Waals surface area contributed by atoms with E-state index >= 15 is 0 Å². The molecule has 0 aliphatic rings. The van der Waals surface area contributed by atoms with Crippen molar-refractivity contribution in [1.82, 2.24) is 0 Å². The Kier molecular flexibility index (Phi) is 49.8. The predicted molar refractivity (Wildman–Crippen MR) is 145 cm³/mol. The van der Waals surface area contributed by atoms with E-state index in [1.54, 1.807) is 7.11 Å². The van der Waals surface area contributed by atoms with Gasteiger partial charge in [0, 0.05) is 26.9 Å². The Bertz CT molecular complexity index is 296. The molecule has 0 aliphatic heterocycles. The Labute approximate surface area is 222 Å². The maximum Gasteiger partial charge on any atom is 0.0701 e. The summed E-state index contributed by atoms with van der Waals surface area (Å²) in [6, 6.07) is 0. The minimum absolute atomic E-state index is 0.0413. The Hall–Kier alpha value is -0.360. The maximum absolute atomic E-state index is 8.36. The Morgan fingerprint density at radius 3 is 1.00 bits per heavy atom. The fourth-order valence-electron chi connectivity index (χ4n) is 2.38. The highest BCUT2D eigenvalue weighted by atomic mass is 16.6. The van der Waals surface area contributed by atoms with Gasteiger partial charge >= 0.3 is 0 Å². The minimum Gasteiger partial charge on any atom is -0.394 e. The molecule has 222 valence electrons. The van der Waals surface area contributed by atoms with Crippen LogP contribution >= 0.6 is 0 Å². The van der Waals surface area contributed by atoms with Crippen LogP contribution in [0.25, 0.3) is 0 Å². The number of aliphatic hydroxyl groups excluding tert-OH is 2. The normalized spacial score (nSPS) is 10.5. The lowest BCUT2D eigenvalue weighted by molar-refractivity contribution is 0.00230. The SMILES string of the molecule is CCCCCCOC.CCCCOCCOCCOCCCC.OCCOCCOCCOCCO. The average Bonchev–Trinajstić information content (AvgIpc) is 2.90. The van der Waals surface area contributed by atoms with Gasteiger partial charge in [-0.25, -0.2) is 0 Å². The third kappa shape index (κ3) is 50.5. The lowest BCUT2D eigenvalue weighted by Crippen LogP contribution is -2.11. The van der Waals surface area contributed by atoms with E-state index in [1.807, 2.05) is 0 Å². The van der Waals surface area contributed by atoms with E-state index in [9.17, 15) is 0 Å². The summed E-state index contributed by atoms with van der Waals surface area (Å²) in [5, 5.41) is 16.7. The molecule has 0 spiro atoms. The van der Waals surface area contributed by atoms with E-state index in [2.05, 4.69) is 20.8 Å². The molecule has 0 fully saturated rings. The Balaban J connectivity index is -0.000000475. The van der Waals surface area contributed by atoms with Crippen molar-refractivity contribution in [2.75, 3.05) is 106 Å². The van der Waals surface area contributed by atoms with Crippen molar-refractivity contribution in [3.63, 3.8) is 0 Å². The van der Waals surface area contributed by atoms with Gasteiger partial charge in [-0.1, -0.05) is 52.9 Å². The van der Waals surface area contributed by atoms with Crippen molar-refractivity contribution >= 4 is 0 Å². The van der Waals surface area contributed by atoms with E-state index < -0.39 is 0 Å². The van der Waals surface area contributed by atoms with Crippen LogP contribution in [0.4, 0.5) is 0 Å². The molecule has 0 amide bonds. The first-order chi connectivity index (χ1) is 17.7. The highest BCUT2D eigenvalue weighted by Gasteiger charge is 1.91. The molecule has 2 N–H and O–H groups in total. The van der Waals surface area contributed by atoms with E-state index in [1.165, 1.54) is 38.5 Å². The summed E-state index contributed by atoms with van der Waals surface area (Å²) in [5.74, 6) is 0. The molecule has 0 aromatic carbocycles. The van der Waals surface area contributed by atoms with E-state index in [0.717, 1.165) is 32.7 Å². The molecular weight excluding hydrogens is 468 g/mol. The molecule has 9 nitrogen and oxygen atoms in total. The first kappa shape index (κ1) is 40.1. The van der Waals surface area contributed by atoms with Crippen LogP contribution in [-0.2, 0) is 33.2 Å². The summed E-state index contributed by atoms with van der Waals surface area (Å²) < 4.78 is 36.0. The van der Waals surface area contributed by atoms with Crippen LogP contribution in [0, 0.1) is 0 Å². The number of aliphatic hydroxyl groups is 2. The van der Waals surface area contributed by atoms with Gasteiger partial charge in [-0.3, -0.25) is 0 Å². The van der Waals surface area contributed by atoms with E-state index in [0.29, 0.717) is 66.1 Å². The van der Waals surface area contributed by atoms with E-state index in [-0.39, 0.29) is 13.2 Å². The van der Waals surface area contributed by atoms with Crippen molar-refractivity contribution < 1.29 is 43.4 Å². The molecule has 0 radical (unpaired) electrons. The third-order valence-corrected chi connectivity index (χ3v) is 4.45. The zero-order valence-electron chi connectivity index (χ0n) is 24.0. The van der Waals surface area contributed by atoms with Gasteiger partial charge in [0.05, 0.1) is 79.3 Å².